The van der Waals surface area contributed by atoms with Crippen LogP contribution in [0.4, 0.5) is 9.18 Å². The summed E-state index contributed by atoms with van der Waals surface area (Å²) in [5, 5.41) is 0. The summed E-state index contributed by atoms with van der Waals surface area (Å²) in [6.07, 6.45) is -1.93. The first-order chi connectivity index (χ1) is 6.29. The predicted molar refractivity (Wildman–Crippen MR) is 50.4 cm³/mol. The lowest BCUT2D eigenvalue weighted by Gasteiger charge is -2.26. The number of carbonyl (C=O) groups is 1. The molecule has 2 atom stereocenters. The van der Waals surface area contributed by atoms with E-state index >= 15 is 0 Å². The number of likely N-dealkylation sites (tertiary alicyclic amines) is 1. The largest absolute Gasteiger partial charge is 0.444 e. The van der Waals surface area contributed by atoms with Gasteiger partial charge in [0.2, 0.25) is 0 Å². The Morgan fingerprint density at radius 3 is 2.50 bits per heavy atom. The molecule has 0 radical (unpaired) electrons. The van der Waals surface area contributed by atoms with Crippen LogP contribution in [0.25, 0.3) is 0 Å². The van der Waals surface area contributed by atoms with Crippen LogP contribution in [0.3, 0.4) is 0 Å². The van der Waals surface area contributed by atoms with Gasteiger partial charge in [0.05, 0.1) is 12.7 Å². The zero-order valence-corrected chi connectivity index (χ0v) is 8.79. The van der Waals surface area contributed by atoms with Gasteiger partial charge in [0.15, 0.2) is 0 Å². The highest BCUT2D eigenvalue weighted by molar-refractivity contribution is 5.69. The molecule has 0 saturated carbocycles. The van der Waals surface area contributed by atoms with Gasteiger partial charge in [-0.05, 0) is 20.8 Å². The van der Waals surface area contributed by atoms with Gasteiger partial charge in [-0.25, -0.2) is 9.18 Å². The van der Waals surface area contributed by atoms with Crippen molar-refractivity contribution in [3.63, 3.8) is 0 Å². The van der Waals surface area contributed by atoms with E-state index in [1.165, 1.54) is 4.90 Å². The van der Waals surface area contributed by atoms with Gasteiger partial charge in [-0.1, -0.05) is 0 Å². The number of hydrogen-bond donors (Lipinski definition) is 1. The van der Waals surface area contributed by atoms with Gasteiger partial charge in [0.25, 0.3) is 0 Å². The van der Waals surface area contributed by atoms with Crippen LogP contribution in [-0.4, -0.2) is 35.5 Å². The number of nitrogens with two attached hydrogens (primary N) is 1. The third-order valence-corrected chi connectivity index (χ3v) is 1.92. The van der Waals surface area contributed by atoms with E-state index in [0.717, 1.165) is 0 Å². The van der Waals surface area contributed by atoms with Crippen molar-refractivity contribution in [2.75, 3.05) is 6.54 Å². The van der Waals surface area contributed by atoms with Crippen LogP contribution < -0.4 is 5.73 Å². The van der Waals surface area contributed by atoms with Crippen molar-refractivity contribution in [3.05, 3.63) is 0 Å². The van der Waals surface area contributed by atoms with Crippen LogP contribution in [-0.2, 0) is 4.74 Å². The minimum atomic E-state index is -1.03. The van der Waals surface area contributed by atoms with E-state index in [1.807, 2.05) is 0 Å². The summed E-state index contributed by atoms with van der Waals surface area (Å²) in [5.41, 5.74) is 5.01. The summed E-state index contributed by atoms with van der Waals surface area (Å²) < 4.78 is 18.0. The molecule has 0 aliphatic carbocycles. The lowest BCUT2D eigenvalue weighted by atomic mass is 10.2. The first-order valence-electron chi connectivity index (χ1n) is 4.69. The molecule has 0 spiro atoms. The Morgan fingerprint density at radius 2 is 2.14 bits per heavy atom. The van der Waals surface area contributed by atoms with Crippen LogP contribution in [0.5, 0.6) is 0 Å². The minimum Gasteiger partial charge on any atom is -0.444 e. The third-order valence-electron chi connectivity index (χ3n) is 1.92. The Balaban J connectivity index is 2.53. The van der Waals surface area contributed by atoms with Gasteiger partial charge >= 0.3 is 6.09 Å². The van der Waals surface area contributed by atoms with E-state index in [0.29, 0.717) is 0 Å². The monoisotopic (exact) mass is 204 g/mol. The fraction of sp³-hybridized carbons (Fsp3) is 0.889. The summed E-state index contributed by atoms with van der Waals surface area (Å²) >= 11 is 0. The molecule has 1 amide bonds. The Labute approximate surface area is 83.2 Å². The molecule has 1 fully saturated rings. The molecule has 1 heterocycles. The Morgan fingerprint density at radius 1 is 1.57 bits per heavy atom. The molecule has 5 heteroatoms. The molecule has 0 aromatic rings. The van der Waals surface area contributed by atoms with Crippen LogP contribution in [0.2, 0.25) is 0 Å². The van der Waals surface area contributed by atoms with Crippen LogP contribution in [0.1, 0.15) is 27.2 Å². The van der Waals surface area contributed by atoms with Crippen molar-refractivity contribution in [1.82, 2.24) is 4.90 Å². The van der Waals surface area contributed by atoms with Crippen molar-refractivity contribution in [3.8, 4) is 0 Å². The number of rotatable bonds is 0. The smallest absolute Gasteiger partial charge is 0.411 e. The predicted octanol–water partition coefficient (Wildman–Crippen LogP) is 1.25. The van der Waals surface area contributed by atoms with Crippen molar-refractivity contribution >= 4 is 6.09 Å². The van der Waals surface area contributed by atoms with Gasteiger partial charge in [-0.15, -0.1) is 0 Å². The fourth-order valence-corrected chi connectivity index (χ4v) is 1.34. The van der Waals surface area contributed by atoms with E-state index in [-0.39, 0.29) is 13.0 Å². The van der Waals surface area contributed by atoms with Gasteiger partial charge in [-0.3, -0.25) is 4.90 Å². The quantitative estimate of drug-likeness (QED) is 0.646. The number of nitrogens with zero attached hydrogens (tertiary/aromatic N) is 1. The number of amides is 1. The Hall–Kier alpha value is -0.840. The summed E-state index contributed by atoms with van der Waals surface area (Å²) in [6, 6.07) is 0. The fourth-order valence-electron chi connectivity index (χ4n) is 1.34. The number of halogens is 1. The molecule has 82 valence electrons. The maximum atomic E-state index is 12.9. The summed E-state index contributed by atoms with van der Waals surface area (Å²) in [5.74, 6) is 0. The van der Waals surface area contributed by atoms with E-state index < -0.39 is 24.0 Å². The molecule has 0 aromatic carbocycles. The molecule has 2 unspecified atom stereocenters. The molecule has 4 nitrogen and oxygen atoms in total. The van der Waals surface area contributed by atoms with Crippen molar-refractivity contribution in [2.45, 2.75) is 45.1 Å². The van der Waals surface area contributed by atoms with Gasteiger partial charge in [-0.2, -0.15) is 0 Å². The molecular weight excluding hydrogens is 187 g/mol. The average Bonchev–Trinajstić information content (AvgIpc) is 2.26. The highest BCUT2D eigenvalue weighted by Gasteiger charge is 2.35. The minimum absolute atomic E-state index is 0.0378. The van der Waals surface area contributed by atoms with Gasteiger partial charge in [0, 0.05) is 6.42 Å². The molecule has 14 heavy (non-hydrogen) atoms. The number of ether oxygens (including phenoxy) is 1. The first kappa shape index (κ1) is 11.2. The standard InChI is InChI=1S/C9H17FN2O2/c1-9(2,3)14-8(13)12-5-6(10)4-7(12)11/h6-7H,4-5,11H2,1-3H3. The van der Waals surface area contributed by atoms with E-state index in [2.05, 4.69) is 0 Å². The van der Waals surface area contributed by atoms with Crippen LogP contribution in [0, 0.1) is 0 Å². The Kier molecular flexibility index (Phi) is 2.99. The highest BCUT2D eigenvalue weighted by Crippen LogP contribution is 2.19. The molecule has 1 aliphatic rings. The van der Waals surface area contributed by atoms with Crippen LogP contribution in [0.15, 0.2) is 0 Å². The number of carbonyl (C=O) groups excluding carboxylic acids is 1. The van der Waals surface area contributed by atoms with Crippen LogP contribution >= 0.6 is 0 Å². The topological polar surface area (TPSA) is 55.6 Å². The first-order valence-corrected chi connectivity index (χ1v) is 4.69. The molecule has 0 aromatic heterocycles. The molecule has 1 rings (SSSR count). The van der Waals surface area contributed by atoms with E-state index in [1.54, 1.807) is 20.8 Å². The number of hydrogen-bond acceptors (Lipinski definition) is 3. The Bertz CT molecular complexity index is 227. The maximum absolute atomic E-state index is 12.9. The van der Waals surface area contributed by atoms with Gasteiger partial charge in [0.1, 0.15) is 11.8 Å². The second-order valence-electron chi connectivity index (χ2n) is 4.53. The third kappa shape index (κ3) is 2.83. The maximum Gasteiger partial charge on any atom is 0.411 e. The van der Waals surface area contributed by atoms with Crippen molar-refractivity contribution in [2.24, 2.45) is 5.73 Å². The highest BCUT2D eigenvalue weighted by atomic mass is 19.1. The zero-order chi connectivity index (χ0) is 10.9. The second kappa shape index (κ2) is 3.73. The normalized spacial score (nSPS) is 27.9. The molecular formula is C9H17FN2O2. The van der Waals surface area contributed by atoms with E-state index in [9.17, 15) is 9.18 Å². The summed E-state index contributed by atoms with van der Waals surface area (Å²) in [7, 11) is 0. The zero-order valence-electron chi connectivity index (χ0n) is 8.79. The van der Waals surface area contributed by atoms with E-state index in [4.69, 9.17) is 10.5 Å². The van der Waals surface area contributed by atoms with Crippen molar-refractivity contribution in [1.29, 1.82) is 0 Å². The molecule has 2 N–H and O–H groups in total. The lowest BCUT2D eigenvalue weighted by Crippen LogP contribution is -2.43. The average molecular weight is 204 g/mol. The summed E-state index contributed by atoms with van der Waals surface area (Å²) in [4.78, 5) is 12.7. The second-order valence-corrected chi connectivity index (χ2v) is 4.53. The van der Waals surface area contributed by atoms with Gasteiger partial charge < -0.3 is 10.5 Å². The van der Waals surface area contributed by atoms with Crippen molar-refractivity contribution < 1.29 is 13.9 Å². The lowest BCUT2D eigenvalue weighted by molar-refractivity contribution is 0.0223. The number of alkyl halides is 1. The molecule has 0 bridgehead atoms. The SMILES string of the molecule is CC(C)(C)OC(=O)N1CC(F)CC1N. The molecule has 1 aliphatic heterocycles. The summed E-state index contributed by atoms with van der Waals surface area (Å²) in [6.45, 7) is 5.33. The molecule has 1 saturated heterocycles.